The molecule has 10 nitrogen and oxygen atoms in total. The maximum Gasteiger partial charge on any atom is 0.522 e. The van der Waals surface area contributed by atoms with Gasteiger partial charge in [-0.05, 0) is 49.9 Å². The maximum absolute atomic E-state index is 13.5. The molecule has 38 heavy (non-hydrogen) atoms. The van der Waals surface area contributed by atoms with Crippen molar-refractivity contribution in [2.75, 3.05) is 19.7 Å². The second-order valence-electron chi connectivity index (χ2n) is 10.9. The summed E-state index contributed by atoms with van der Waals surface area (Å²) < 4.78 is 46.8. The van der Waals surface area contributed by atoms with Crippen molar-refractivity contribution in [1.82, 2.24) is 15.5 Å². The van der Waals surface area contributed by atoms with Crippen LogP contribution in [0.3, 0.4) is 0 Å². The first-order valence-corrected chi connectivity index (χ1v) is 13.0. The third-order valence-corrected chi connectivity index (χ3v) is 7.34. The van der Waals surface area contributed by atoms with Crippen molar-refractivity contribution in [3.05, 3.63) is 0 Å². The van der Waals surface area contributed by atoms with Crippen LogP contribution in [-0.4, -0.2) is 78.6 Å². The molecule has 0 aromatic rings. The Kier molecular flexibility index (Phi) is 9.43. The Morgan fingerprint density at radius 2 is 1.89 bits per heavy atom. The molecule has 2 heterocycles. The topological polar surface area (TPSA) is 131 Å². The van der Waals surface area contributed by atoms with Crippen LogP contribution in [0.2, 0.25) is 0 Å². The zero-order valence-corrected chi connectivity index (χ0v) is 21.9. The number of ketones is 1. The minimum atomic E-state index is -5.04. The van der Waals surface area contributed by atoms with Gasteiger partial charge in [-0.3, -0.25) is 28.7 Å². The van der Waals surface area contributed by atoms with Crippen LogP contribution in [0.5, 0.6) is 0 Å². The maximum atomic E-state index is 13.5. The number of carbonyl (C=O) groups excluding carboxylic acids is 5. The second kappa shape index (κ2) is 12.0. The normalized spacial score (nSPS) is 23.8. The molecule has 0 radical (unpaired) electrons. The molecule has 1 aliphatic carbocycles. The number of carbonyl (C=O) groups is 5. The van der Waals surface area contributed by atoms with Gasteiger partial charge in [-0.2, -0.15) is 0 Å². The van der Waals surface area contributed by atoms with E-state index in [1.54, 1.807) is 6.92 Å². The lowest BCUT2D eigenvalue weighted by Crippen LogP contribution is -2.54. The van der Waals surface area contributed by atoms with E-state index in [1.165, 1.54) is 4.90 Å². The van der Waals surface area contributed by atoms with E-state index in [1.807, 2.05) is 13.8 Å². The fraction of sp³-hybridized carbons (Fsp3) is 0.800. The Morgan fingerprint density at radius 3 is 2.42 bits per heavy atom. The zero-order chi connectivity index (χ0) is 28.3. The summed E-state index contributed by atoms with van der Waals surface area (Å²) in [7, 11) is 0. The predicted molar refractivity (Wildman–Crippen MR) is 126 cm³/mol. The number of halogens is 3. The van der Waals surface area contributed by atoms with E-state index in [0.717, 1.165) is 12.8 Å². The van der Waals surface area contributed by atoms with Gasteiger partial charge in [-0.25, -0.2) is 0 Å². The number of hydrogen-bond donors (Lipinski definition) is 2. The molecule has 0 aromatic heterocycles. The number of hydrogen-bond acceptors (Lipinski definition) is 7. The lowest BCUT2D eigenvalue weighted by atomic mass is 9.95. The van der Waals surface area contributed by atoms with Crippen LogP contribution in [0.1, 0.15) is 65.7 Å². The highest BCUT2D eigenvalue weighted by molar-refractivity contribution is 5.95. The Hall–Kier alpha value is -2.70. The number of ether oxygens (including phenoxy) is 2. The van der Waals surface area contributed by atoms with Crippen molar-refractivity contribution in [2.24, 2.45) is 17.3 Å². The summed E-state index contributed by atoms with van der Waals surface area (Å²) in [6.45, 7) is 4.67. The van der Waals surface area contributed by atoms with Crippen LogP contribution in [0.4, 0.5) is 13.2 Å². The van der Waals surface area contributed by atoms with Gasteiger partial charge in [0.15, 0.2) is 11.9 Å². The Bertz CT molecular complexity index is 936. The van der Waals surface area contributed by atoms with Gasteiger partial charge in [0.25, 0.3) is 5.91 Å². The standard InChI is InChI=1S/C25H36F3N3O7/c1-4-20(33)38-19(9-14(2)3)23(36)31-13-24(6-7-24)11-17(31)22(35)30-16(10-15-5-8-29-21(15)34)18(32)12-37-25(26,27)28/h14-17,19H,4-13H2,1-3H3,(H,29,34)(H,30,35)/t15-,16-,17-,19+/m0/s1. The third-order valence-electron chi connectivity index (χ3n) is 7.34. The molecular formula is C25H36F3N3O7. The molecule has 214 valence electrons. The summed E-state index contributed by atoms with van der Waals surface area (Å²) in [6, 6.07) is -2.40. The van der Waals surface area contributed by atoms with Crippen molar-refractivity contribution >= 4 is 29.5 Å². The van der Waals surface area contributed by atoms with Crippen LogP contribution < -0.4 is 10.6 Å². The minimum absolute atomic E-state index is 0.0200. The Labute approximate surface area is 219 Å². The van der Waals surface area contributed by atoms with Crippen LogP contribution >= 0.6 is 0 Å². The van der Waals surface area contributed by atoms with E-state index in [0.29, 0.717) is 19.4 Å². The fourth-order valence-electron chi connectivity index (χ4n) is 5.06. The highest BCUT2D eigenvalue weighted by atomic mass is 19.4. The lowest BCUT2D eigenvalue weighted by molar-refractivity contribution is -0.321. The summed E-state index contributed by atoms with van der Waals surface area (Å²) in [5.74, 6) is -3.77. The van der Waals surface area contributed by atoms with Gasteiger partial charge in [0.1, 0.15) is 12.6 Å². The van der Waals surface area contributed by atoms with Gasteiger partial charge in [-0.1, -0.05) is 20.8 Å². The van der Waals surface area contributed by atoms with E-state index in [-0.39, 0.29) is 43.0 Å². The average molecular weight is 548 g/mol. The molecule has 3 amide bonds. The van der Waals surface area contributed by atoms with Crippen molar-refractivity contribution in [1.29, 1.82) is 0 Å². The van der Waals surface area contributed by atoms with Crippen molar-refractivity contribution in [3.63, 3.8) is 0 Å². The second-order valence-corrected chi connectivity index (χ2v) is 10.9. The molecule has 0 bridgehead atoms. The third kappa shape index (κ3) is 7.90. The molecule has 3 aliphatic rings. The molecular weight excluding hydrogens is 511 g/mol. The Balaban J connectivity index is 1.78. The van der Waals surface area contributed by atoms with Crippen molar-refractivity contribution in [3.8, 4) is 0 Å². The number of Topliss-reactive ketones (excluding diaryl/α,β-unsaturated/α-hetero) is 1. The van der Waals surface area contributed by atoms with E-state index >= 15 is 0 Å². The van der Waals surface area contributed by atoms with Crippen molar-refractivity contribution < 1.29 is 46.6 Å². The summed E-state index contributed by atoms with van der Waals surface area (Å²) in [4.78, 5) is 65.0. The zero-order valence-electron chi connectivity index (χ0n) is 21.9. The number of likely N-dealkylation sites (tertiary alicyclic amines) is 1. The molecule has 4 atom stereocenters. The first-order chi connectivity index (χ1) is 17.7. The predicted octanol–water partition coefficient (Wildman–Crippen LogP) is 1.85. The number of nitrogens with one attached hydrogen (secondary N) is 2. The van der Waals surface area contributed by atoms with Crippen LogP contribution in [0.15, 0.2) is 0 Å². The van der Waals surface area contributed by atoms with Crippen LogP contribution in [-0.2, 0) is 33.4 Å². The number of esters is 1. The number of amides is 3. The highest BCUT2D eigenvalue weighted by Gasteiger charge is 2.56. The molecule has 2 aliphatic heterocycles. The molecule has 13 heteroatoms. The van der Waals surface area contributed by atoms with E-state index in [2.05, 4.69) is 15.4 Å². The smallest absolute Gasteiger partial charge is 0.452 e. The summed E-state index contributed by atoms with van der Waals surface area (Å²) in [6.07, 6.45) is -3.67. The molecule has 1 spiro atoms. The first kappa shape index (κ1) is 29.9. The van der Waals surface area contributed by atoms with Gasteiger partial charge < -0.3 is 20.3 Å². The molecule has 2 saturated heterocycles. The average Bonchev–Trinajstić information content (AvgIpc) is 3.29. The van der Waals surface area contributed by atoms with E-state index < -0.39 is 60.6 Å². The van der Waals surface area contributed by atoms with Crippen molar-refractivity contribution in [2.45, 2.75) is 90.3 Å². The van der Waals surface area contributed by atoms with Gasteiger partial charge >= 0.3 is 12.3 Å². The summed E-state index contributed by atoms with van der Waals surface area (Å²) in [5, 5.41) is 5.11. The minimum Gasteiger partial charge on any atom is -0.452 e. The molecule has 1 saturated carbocycles. The van der Waals surface area contributed by atoms with E-state index in [4.69, 9.17) is 4.74 Å². The van der Waals surface area contributed by atoms with Gasteiger partial charge in [-0.15, -0.1) is 13.2 Å². The first-order valence-electron chi connectivity index (χ1n) is 13.0. The number of rotatable bonds is 12. The monoisotopic (exact) mass is 547 g/mol. The quantitative estimate of drug-likeness (QED) is 0.357. The van der Waals surface area contributed by atoms with Gasteiger partial charge in [0.05, 0.1) is 6.04 Å². The molecule has 2 N–H and O–H groups in total. The highest BCUT2D eigenvalue weighted by Crippen LogP contribution is 2.55. The van der Waals surface area contributed by atoms with E-state index in [9.17, 15) is 37.1 Å². The number of alkyl halides is 3. The molecule has 3 rings (SSSR count). The molecule has 3 fully saturated rings. The molecule has 0 unspecified atom stereocenters. The summed E-state index contributed by atoms with van der Waals surface area (Å²) in [5.41, 5.74) is -0.251. The lowest BCUT2D eigenvalue weighted by Gasteiger charge is -2.30. The largest absolute Gasteiger partial charge is 0.522 e. The SMILES string of the molecule is CCC(=O)O[C@H](CC(C)C)C(=O)N1CC2(CC2)C[C@H]1C(=O)N[C@@H](C[C@@H]1CCNC1=O)C(=O)COC(F)(F)F. The Morgan fingerprint density at radius 1 is 1.21 bits per heavy atom. The summed E-state index contributed by atoms with van der Waals surface area (Å²) >= 11 is 0. The van der Waals surface area contributed by atoms with Gasteiger partial charge in [0.2, 0.25) is 11.8 Å². The molecule has 0 aromatic carbocycles. The van der Waals surface area contributed by atoms with Crippen LogP contribution in [0, 0.1) is 17.3 Å². The van der Waals surface area contributed by atoms with Crippen LogP contribution in [0.25, 0.3) is 0 Å². The van der Waals surface area contributed by atoms with Gasteiger partial charge in [0, 0.05) is 25.4 Å². The number of nitrogens with zero attached hydrogens (tertiary/aromatic N) is 1. The fourth-order valence-corrected chi connectivity index (χ4v) is 5.06.